The molecule has 0 amide bonds. The Hall–Kier alpha value is -1.86. The van der Waals surface area contributed by atoms with E-state index in [0.717, 1.165) is 5.75 Å². The number of aromatic nitrogens is 3. The van der Waals surface area contributed by atoms with E-state index in [4.69, 9.17) is 10.8 Å². The highest BCUT2D eigenvalue weighted by Crippen LogP contribution is 2.40. The molecule has 3 N–H and O–H groups in total. The molecule has 20 heavy (non-hydrogen) atoms. The van der Waals surface area contributed by atoms with Gasteiger partial charge in [-0.05, 0) is 11.6 Å². The first-order chi connectivity index (χ1) is 9.70. The largest absolute Gasteiger partial charge is 0.476 e. The van der Waals surface area contributed by atoms with Crippen molar-refractivity contribution >= 4 is 17.7 Å². The number of fused-ring (bicyclic) bond motifs is 1. The van der Waals surface area contributed by atoms with Crippen LogP contribution < -0.4 is 5.73 Å². The summed E-state index contributed by atoms with van der Waals surface area (Å²) in [6.45, 7) is 0.729. The van der Waals surface area contributed by atoms with Crippen LogP contribution in [0.3, 0.4) is 0 Å². The third-order valence-corrected chi connectivity index (χ3v) is 4.68. The van der Waals surface area contributed by atoms with Gasteiger partial charge in [-0.3, -0.25) is 0 Å². The van der Waals surface area contributed by atoms with Gasteiger partial charge >= 0.3 is 5.97 Å². The first kappa shape index (κ1) is 13.1. The lowest BCUT2D eigenvalue weighted by Gasteiger charge is -2.12. The number of rotatable bonds is 4. The predicted octanol–water partition coefficient (Wildman–Crippen LogP) is 1.32. The lowest BCUT2D eigenvalue weighted by molar-refractivity contribution is 0.0689. The standard InChI is InChI=1S/C13H14N4O2S/c14-5-10-12(13(18)19)15-16-17(10)6-8-7-20-11-4-2-1-3-9(8)11/h1-4,8H,5-7,14H2,(H,18,19). The molecule has 0 bridgehead atoms. The summed E-state index contributed by atoms with van der Waals surface area (Å²) >= 11 is 1.81. The third-order valence-electron chi connectivity index (χ3n) is 3.43. The second kappa shape index (κ2) is 5.26. The van der Waals surface area contributed by atoms with Crippen LogP contribution in [0.25, 0.3) is 0 Å². The average molecular weight is 290 g/mol. The number of aromatic carboxylic acids is 1. The van der Waals surface area contributed by atoms with Gasteiger partial charge in [0.2, 0.25) is 0 Å². The van der Waals surface area contributed by atoms with Crippen molar-refractivity contribution < 1.29 is 9.90 Å². The van der Waals surface area contributed by atoms with Crippen molar-refractivity contribution in [3.8, 4) is 0 Å². The van der Waals surface area contributed by atoms with Gasteiger partial charge in [0, 0.05) is 23.1 Å². The summed E-state index contributed by atoms with van der Waals surface area (Å²) in [6.07, 6.45) is 0. The number of benzene rings is 1. The van der Waals surface area contributed by atoms with Gasteiger partial charge in [0.1, 0.15) is 0 Å². The van der Waals surface area contributed by atoms with Crippen LogP contribution in [0.4, 0.5) is 0 Å². The number of carboxylic acids is 1. The number of thioether (sulfide) groups is 1. The van der Waals surface area contributed by atoms with Crippen molar-refractivity contribution in [2.75, 3.05) is 5.75 Å². The molecule has 0 saturated carbocycles. The maximum atomic E-state index is 11.1. The Morgan fingerprint density at radius 1 is 1.50 bits per heavy atom. The molecular formula is C13H14N4O2S. The average Bonchev–Trinajstić information content (AvgIpc) is 3.04. The van der Waals surface area contributed by atoms with Gasteiger partial charge in [-0.2, -0.15) is 0 Å². The van der Waals surface area contributed by atoms with Gasteiger partial charge in [0.25, 0.3) is 0 Å². The van der Waals surface area contributed by atoms with Crippen molar-refractivity contribution in [1.29, 1.82) is 0 Å². The lowest BCUT2D eigenvalue weighted by Crippen LogP contribution is -2.16. The second-order valence-electron chi connectivity index (χ2n) is 4.62. The molecule has 1 aromatic carbocycles. The van der Waals surface area contributed by atoms with Gasteiger partial charge in [-0.15, -0.1) is 16.9 Å². The first-order valence-corrected chi connectivity index (χ1v) is 7.26. The van der Waals surface area contributed by atoms with Crippen molar-refractivity contribution in [3.63, 3.8) is 0 Å². The molecule has 1 aliphatic heterocycles. The lowest BCUT2D eigenvalue weighted by atomic mass is 10.0. The van der Waals surface area contributed by atoms with E-state index >= 15 is 0 Å². The molecule has 0 saturated heterocycles. The molecule has 0 spiro atoms. The third kappa shape index (κ3) is 2.19. The molecule has 0 aliphatic carbocycles. The first-order valence-electron chi connectivity index (χ1n) is 6.28. The molecule has 1 aliphatic rings. The van der Waals surface area contributed by atoms with E-state index in [1.807, 2.05) is 23.9 Å². The van der Waals surface area contributed by atoms with Gasteiger partial charge < -0.3 is 10.8 Å². The normalized spacial score (nSPS) is 17.1. The van der Waals surface area contributed by atoms with Crippen molar-refractivity contribution in [2.24, 2.45) is 5.73 Å². The molecule has 1 unspecified atom stereocenters. The molecule has 7 heteroatoms. The van der Waals surface area contributed by atoms with Crippen LogP contribution in [0.1, 0.15) is 27.7 Å². The van der Waals surface area contributed by atoms with E-state index in [0.29, 0.717) is 18.2 Å². The monoisotopic (exact) mass is 290 g/mol. The zero-order valence-corrected chi connectivity index (χ0v) is 11.5. The minimum Gasteiger partial charge on any atom is -0.476 e. The van der Waals surface area contributed by atoms with Gasteiger partial charge in [0.15, 0.2) is 5.69 Å². The number of carboxylic acid groups (broad SMARTS) is 1. The van der Waals surface area contributed by atoms with Crippen molar-refractivity contribution in [3.05, 3.63) is 41.2 Å². The highest BCUT2D eigenvalue weighted by Gasteiger charge is 2.26. The molecule has 2 aromatic rings. The van der Waals surface area contributed by atoms with Gasteiger partial charge in [-0.25, -0.2) is 9.48 Å². The number of hydrogen-bond donors (Lipinski definition) is 2. The Labute approximate surface area is 120 Å². The molecule has 1 atom stereocenters. The fourth-order valence-corrected chi connectivity index (χ4v) is 3.68. The molecule has 2 heterocycles. The van der Waals surface area contributed by atoms with Crippen LogP contribution in [0, 0.1) is 0 Å². The highest BCUT2D eigenvalue weighted by atomic mass is 32.2. The molecule has 1 aromatic heterocycles. The van der Waals surface area contributed by atoms with Crippen LogP contribution in [-0.4, -0.2) is 31.8 Å². The van der Waals surface area contributed by atoms with E-state index in [1.165, 1.54) is 10.5 Å². The SMILES string of the molecule is NCc1c(C(=O)O)nnn1CC1CSc2ccccc21. The van der Waals surface area contributed by atoms with E-state index in [9.17, 15) is 4.79 Å². The number of hydrogen-bond acceptors (Lipinski definition) is 5. The quantitative estimate of drug-likeness (QED) is 0.882. The maximum absolute atomic E-state index is 11.1. The summed E-state index contributed by atoms with van der Waals surface area (Å²) in [4.78, 5) is 12.3. The fourth-order valence-electron chi connectivity index (χ4n) is 2.44. The Morgan fingerprint density at radius 3 is 3.05 bits per heavy atom. The molecule has 0 radical (unpaired) electrons. The van der Waals surface area contributed by atoms with Crippen LogP contribution >= 0.6 is 11.8 Å². The van der Waals surface area contributed by atoms with Crippen LogP contribution in [-0.2, 0) is 13.1 Å². The number of nitrogens with zero attached hydrogens (tertiary/aromatic N) is 3. The summed E-state index contributed by atoms with van der Waals surface area (Å²) in [5.41, 5.74) is 7.35. The zero-order valence-electron chi connectivity index (χ0n) is 10.7. The molecule has 6 nitrogen and oxygen atoms in total. The highest BCUT2D eigenvalue weighted by molar-refractivity contribution is 7.99. The van der Waals surface area contributed by atoms with Crippen LogP contribution in [0.5, 0.6) is 0 Å². The van der Waals surface area contributed by atoms with E-state index in [1.54, 1.807) is 4.68 Å². The maximum Gasteiger partial charge on any atom is 0.358 e. The Morgan fingerprint density at radius 2 is 2.30 bits per heavy atom. The zero-order chi connectivity index (χ0) is 14.1. The molecule has 3 rings (SSSR count). The summed E-state index contributed by atoms with van der Waals surface area (Å²) in [5, 5.41) is 16.7. The summed E-state index contributed by atoms with van der Waals surface area (Å²) in [7, 11) is 0. The molecule has 0 fully saturated rings. The van der Waals surface area contributed by atoms with E-state index in [-0.39, 0.29) is 12.2 Å². The van der Waals surface area contributed by atoms with Crippen LogP contribution in [0.15, 0.2) is 29.2 Å². The van der Waals surface area contributed by atoms with Gasteiger partial charge in [0.05, 0.1) is 12.2 Å². The molecule has 104 valence electrons. The summed E-state index contributed by atoms with van der Waals surface area (Å²) in [6, 6.07) is 8.26. The second-order valence-corrected chi connectivity index (χ2v) is 5.68. The number of nitrogens with two attached hydrogens (primary N) is 1. The smallest absolute Gasteiger partial charge is 0.358 e. The van der Waals surface area contributed by atoms with Crippen LogP contribution in [0.2, 0.25) is 0 Å². The molecular weight excluding hydrogens is 276 g/mol. The number of carbonyl (C=O) groups is 1. The Kier molecular flexibility index (Phi) is 3.45. The topological polar surface area (TPSA) is 94.0 Å². The Bertz CT molecular complexity index is 656. The fraction of sp³-hybridized carbons (Fsp3) is 0.308. The Balaban J connectivity index is 1.88. The summed E-state index contributed by atoms with van der Waals surface area (Å²) < 4.78 is 1.62. The van der Waals surface area contributed by atoms with Gasteiger partial charge in [-0.1, -0.05) is 23.4 Å². The summed E-state index contributed by atoms with van der Waals surface area (Å²) in [5.74, 6) is 0.189. The minimum atomic E-state index is -1.09. The van der Waals surface area contributed by atoms with E-state index < -0.39 is 5.97 Å². The van der Waals surface area contributed by atoms with E-state index in [2.05, 4.69) is 22.4 Å². The predicted molar refractivity (Wildman–Crippen MR) is 74.8 cm³/mol. The minimum absolute atomic E-state index is 0.0496. The van der Waals surface area contributed by atoms with Crippen molar-refractivity contribution in [1.82, 2.24) is 15.0 Å². The van der Waals surface area contributed by atoms with Crippen molar-refractivity contribution in [2.45, 2.75) is 23.9 Å².